The molecule has 3 aliphatic rings. The van der Waals surface area contributed by atoms with E-state index in [0.29, 0.717) is 4.75 Å². The Balaban J connectivity index is 0.00000243. The number of rotatable bonds is 4. The van der Waals surface area contributed by atoms with Crippen LogP contribution < -0.4 is 5.32 Å². The third kappa shape index (κ3) is 5.64. The Morgan fingerprint density at radius 2 is 1.85 bits per heavy atom. The minimum Gasteiger partial charge on any atom is -0.381 e. The fraction of sp³-hybridized carbons (Fsp3) is 0.947. The molecule has 0 atom stereocenters. The topological polar surface area (TPSA) is 40.1 Å². The number of ether oxygens (including phenoxy) is 1. The van der Waals surface area contributed by atoms with E-state index in [1.807, 2.05) is 0 Å². The molecule has 0 radical (unpaired) electrons. The van der Waals surface area contributed by atoms with Gasteiger partial charge in [-0.05, 0) is 59.5 Å². The van der Waals surface area contributed by atoms with Gasteiger partial charge in [-0.15, -0.1) is 24.0 Å². The van der Waals surface area contributed by atoms with Crippen LogP contribution in [0.25, 0.3) is 0 Å². The number of guanidine groups is 1. The van der Waals surface area contributed by atoms with Crippen molar-refractivity contribution in [3.05, 3.63) is 0 Å². The first-order valence-corrected chi connectivity index (χ1v) is 11.0. The van der Waals surface area contributed by atoms with E-state index in [1.54, 1.807) is 0 Å². The summed E-state index contributed by atoms with van der Waals surface area (Å²) in [6.45, 7) is 15.1. The molecule has 0 bridgehead atoms. The standard InChI is InChI=1S/C19H36N4OS.HI/c1-4-20-17(22-11-14-25-18(2,3)16-22)21-15-19(7-12-24-13-8-19)23-9-5-6-10-23;/h4-16H2,1-3H3,(H,20,21);1H. The molecule has 3 saturated heterocycles. The van der Waals surface area contributed by atoms with Crippen molar-refractivity contribution in [1.29, 1.82) is 0 Å². The number of nitrogens with one attached hydrogen (secondary N) is 1. The summed E-state index contributed by atoms with van der Waals surface area (Å²) in [6.07, 6.45) is 4.92. The van der Waals surface area contributed by atoms with Crippen molar-refractivity contribution in [2.45, 2.75) is 56.7 Å². The third-order valence-corrected chi connectivity index (χ3v) is 7.08. The van der Waals surface area contributed by atoms with E-state index in [2.05, 4.69) is 47.6 Å². The first-order valence-electron chi connectivity index (χ1n) is 10.0. The second-order valence-electron chi connectivity index (χ2n) is 8.23. The monoisotopic (exact) mass is 496 g/mol. The third-order valence-electron chi connectivity index (χ3n) is 5.78. The van der Waals surface area contributed by atoms with Crippen molar-refractivity contribution in [3.8, 4) is 0 Å². The molecular weight excluding hydrogens is 459 g/mol. The summed E-state index contributed by atoms with van der Waals surface area (Å²) in [5.74, 6) is 2.30. The lowest BCUT2D eigenvalue weighted by Gasteiger charge is -2.44. The molecule has 3 rings (SSSR count). The number of hydrogen-bond acceptors (Lipinski definition) is 4. The number of nitrogens with zero attached hydrogens (tertiary/aromatic N) is 3. The normalized spacial score (nSPS) is 26.4. The Hall–Kier alpha value is 0.270. The average Bonchev–Trinajstić information content (AvgIpc) is 3.14. The largest absolute Gasteiger partial charge is 0.381 e. The van der Waals surface area contributed by atoms with Crippen LogP contribution in [0.5, 0.6) is 0 Å². The maximum Gasteiger partial charge on any atom is 0.194 e. The van der Waals surface area contributed by atoms with Gasteiger partial charge in [0.2, 0.25) is 0 Å². The minimum absolute atomic E-state index is 0. The van der Waals surface area contributed by atoms with Crippen molar-refractivity contribution >= 4 is 41.7 Å². The van der Waals surface area contributed by atoms with Gasteiger partial charge in [0.25, 0.3) is 0 Å². The molecule has 0 aliphatic carbocycles. The maximum absolute atomic E-state index is 5.68. The molecule has 152 valence electrons. The molecule has 0 aromatic carbocycles. The van der Waals surface area contributed by atoms with Crippen LogP contribution in [0.2, 0.25) is 0 Å². The van der Waals surface area contributed by atoms with Crippen molar-refractivity contribution in [3.63, 3.8) is 0 Å². The maximum atomic E-state index is 5.68. The molecule has 3 heterocycles. The summed E-state index contributed by atoms with van der Waals surface area (Å²) in [6, 6.07) is 0. The highest BCUT2D eigenvalue weighted by Gasteiger charge is 2.40. The van der Waals surface area contributed by atoms with Gasteiger partial charge < -0.3 is 15.0 Å². The summed E-state index contributed by atoms with van der Waals surface area (Å²) in [7, 11) is 0. The predicted molar refractivity (Wildman–Crippen MR) is 123 cm³/mol. The van der Waals surface area contributed by atoms with Crippen LogP contribution >= 0.6 is 35.7 Å². The average molecular weight is 497 g/mol. The van der Waals surface area contributed by atoms with E-state index in [4.69, 9.17) is 9.73 Å². The summed E-state index contributed by atoms with van der Waals surface area (Å²) >= 11 is 2.08. The number of halogens is 1. The molecule has 0 aromatic rings. The summed E-state index contributed by atoms with van der Waals surface area (Å²) in [5.41, 5.74) is 0.218. The van der Waals surface area contributed by atoms with Crippen molar-refractivity contribution in [2.24, 2.45) is 4.99 Å². The summed E-state index contributed by atoms with van der Waals surface area (Å²) in [4.78, 5) is 10.3. The molecule has 26 heavy (non-hydrogen) atoms. The number of thioether (sulfide) groups is 1. The van der Waals surface area contributed by atoms with Crippen LogP contribution in [0.3, 0.4) is 0 Å². The summed E-state index contributed by atoms with van der Waals surface area (Å²) < 4.78 is 5.98. The van der Waals surface area contributed by atoms with Crippen LogP contribution in [-0.2, 0) is 4.74 Å². The molecule has 0 saturated carbocycles. The Morgan fingerprint density at radius 1 is 1.15 bits per heavy atom. The van der Waals surface area contributed by atoms with E-state index in [0.717, 1.165) is 58.2 Å². The Bertz CT molecular complexity index is 462. The second-order valence-corrected chi connectivity index (χ2v) is 10.0. The first kappa shape index (κ1) is 22.6. The SMILES string of the molecule is CCNC(=NCC1(N2CCCC2)CCOCC1)N1CCSC(C)(C)C1.I. The van der Waals surface area contributed by atoms with Gasteiger partial charge in [0, 0.05) is 48.9 Å². The van der Waals surface area contributed by atoms with Crippen molar-refractivity contribution < 1.29 is 4.74 Å². The van der Waals surface area contributed by atoms with E-state index in [9.17, 15) is 0 Å². The van der Waals surface area contributed by atoms with Crippen LogP contribution in [0.15, 0.2) is 4.99 Å². The van der Waals surface area contributed by atoms with Crippen LogP contribution in [0.4, 0.5) is 0 Å². The highest BCUT2D eigenvalue weighted by atomic mass is 127. The Morgan fingerprint density at radius 3 is 2.46 bits per heavy atom. The summed E-state index contributed by atoms with van der Waals surface area (Å²) in [5, 5.41) is 3.55. The van der Waals surface area contributed by atoms with E-state index in [1.165, 1.54) is 31.7 Å². The molecule has 3 fully saturated rings. The lowest BCUT2D eigenvalue weighted by atomic mass is 9.88. The molecule has 0 unspecified atom stereocenters. The van der Waals surface area contributed by atoms with E-state index < -0.39 is 0 Å². The van der Waals surface area contributed by atoms with Gasteiger partial charge in [0.1, 0.15) is 0 Å². The van der Waals surface area contributed by atoms with Gasteiger partial charge in [-0.2, -0.15) is 11.8 Å². The van der Waals surface area contributed by atoms with Gasteiger partial charge in [-0.25, -0.2) is 0 Å². The number of hydrogen-bond donors (Lipinski definition) is 1. The zero-order chi connectivity index (χ0) is 17.8. The number of likely N-dealkylation sites (tertiary alicyclic amines) is 1. The first-order chi connectivity index (χ1) is 12.0. The Labute approximate surface area is 181 Å². The fourth-order valence-electron chi connectivity index (χ4n) is 4.36. The van der Waals surface area contributed by atoms with Crippen LogP contribution in [0, 0.1) is 0 Å². The van der Waals surface area contributed by atoms with Crippen molar-refractivity contribution in [2.75, 3.05) is 58.2 Å². The molecule has 5 nitrogen and oxygen atoms in total. The molecule has 0 spiro atoms. The molecule has 0 aromatic heterocycles. The van der Waals surface area contributed by atoms with E-state index >= 15 is 0 Å². The highest BCUT2D eigenvalue weighted by molar-refractivity contribution is 14.0. The zero-order valence-corrected chi connectivity index (χ0v) is 19.9. The van der Waals surface area contributed by atoms with Crippen LogP contribution in [0.1, 0.15) is 46.5 Å². The van der Waals surface area contributed by atoms with Gasteiger partial charge >= 0.3 is 0 Å². The molecule has 3 aliphatic heterocycles. The lowest BCUT2D eigenvalue weighted by Crippen LogP contribution is -2.55. The second kappa shape index (κ2) is 10.2. The molecular formula is C19H37IN4OS. The van der Waals surface area contributed by atoms with Crippen molar-refractivity contribution in [1.82, 2.24) is 15.1 Å². The van der Waals surface area contributed by atoms with Gasteiger partial charge in [0.15, 0.2) is 5.96 Å². The zero-order valence-electron chi connectivity index (χ0n) is 16.8. The van der Waals surface area contributed by atoms with Gasteiger partial charge in [-0.1, -0.05) is 0 Å². The smallest absolute Gasteiger partial charge is 0.194 e. The fourth-order valence-corrected chi connectivity index (χ4v) is 5.47. The molecule has 0 amide bonds. The minimum atomic E-state index is 0. The van der Waals surface area contributed by atoms with Crippen LogP contribution in [-0.4, -0.2) is 84.3 Å². The lowest BCUT2D eigenvalue weighted by molar-refractivity contribution is -0.0139. The predicted octanol–water partition coefficient (Wildman–Crippen LogP) is 3.04. The Kier molecular flexibility index (Phi) is 8.82. The van der Waals surface area contributed by atoms with Gasteiger partial charge in [0.05, 0.1) is 6.54 Å². The molecule has 7 heteroatoms. The van der Waals surface area contributed by atoms with Gasteiger partial charge in [-0.3, -0.25) is 9.89 Å². The highest BCUT2D eigenvalue weighted by Crippen LogP contribution is 2.32. The van der Waals surface area contributed by atoms with E-state index in [-0.39, 0.29) is 29.5 Å². The number of aliphatic imine (C=N–C) groups is 1. The quantitative estimate of drug-likeness (QED) is 0.368. The molecule has 1 N–H and O–H groups in total.